The van der Waals surface area contributed by atoms with Crippen molar-refractivity contribution in [2.24, 2.45) is 22.8 Å². The summed E-state index contributed by atoms with van der Waals surface area (Å²) in [4.78, 5) is 13.4. The molecule has 0 aromatic rings. The molecule has 0 bridgehead atoms. The van der Waals surface area contributed by atoms with Crippen molar-refractivity contribution in [2.45, 2.75) is 25.7 Å². The highest BCUT2D eigenvalue weighted by Crippen LogP contribution is 2.47. The molecule has 1 heterocycles. The van der Waals surface area contributed by atoms with Gasteiger partial charge < -0.3 is 16.4 Å². The standard InChI is InChI=1S/C11H21N3O/c12-6-9-1-2-11(5-9)3-4-14(8-11)10(15)7-13/h9H,1-8,12-13H2/t9-,11-/m0/s1. The highest BCUT2D eigenvalue weighted by molar-refractivity contribution is 5.78. The fourth-order valence-electron chi connectivity index (χ4n) is 3.18. The van der Waals surface area contributed by atoms with Crippen LogP contribution in [0.5, 0.6) is 0 Å². The summed E-state index contributed by atoms with van der Waals surface area (Å²) in [5, 5.41) is 0. The van der Waals surface area contributed by atoms with Gasteiger partial charge in [0, 0.05) is 13.1 Å². The number of nitrogens with zero attached hydrogens (tertiary/aromatic N) is 1. The molecule has 0 aromatic heterocycles. The molecule has 2 rings (SSSR count). The van der Waals surface area contributed by atoms with Crippen molar-refractivity contribution in [2.75, 3.05) is 26.2 Å². The van der Waals surface area contributed by atoms with E-state index >= 15 is 0 Å². The van der Waals surface area contributed by atoms with Gasteiger partial charge in [-0.1, -0.05) is 0 Å². The molecule has 2 aliphatic rings. The fourth-order valence-corrected chi connectivity index (χ4v) is 3.18. The highest BCUT2D eigenvalue weighted by Gasteiger charge is 2.44. The van der Waals surface area contributed by atoms with Gasteiger partial charge in [-0.05, 0) is 43.6 Å². The molecular weight excluding hydrogens is 190 g/mol. The van der Waals surface area contributed by atoms with Crippen LogP contribution in [0.2, 0.25) is 0 Å². The number of rotatable bonds is 2. The van der Waals surface area contributed by atoms with Gasteiger partial charge in [-0.15, -0.1) is 0 Å². The van der Waals surface area contributed by atoms with Crippen molar-refractivity contribution in [3.8, 4) is 0 Å². The van der Waals surface area contributed by atoms with E-state index in [2.05, 4.69) is 0 Å². The second-order valence-electron chi connectivity index (χ2n) is 5.11. The summed E-state index contributed by atoms with van der Waals surface area (Å²) in [5.74, 6) is 0.779. The van der Waals surface area contributed by atoms with Crippen molar-refractivity contribution >= 4 is 5.91 Å². The van der Waals surface area contributed by atoms with Gasteiger partial charge in [-0.2, -0.15) is 0 Å². The maximum Gasteiger partial charge on any atom is 0.236 e. The molecule has 86 valence electrons. The molecular formula is C11H21N3O. The van der Waals surface area contributed by atoms with Crippen molar-refractivity contribution < 1.29 is 4.79 Å². The Balaban J connectivity index is 1.94. The normalized spacial score (nSPS) is 35.3. The quantitative estimate of drug-likeness (QED) is 0.671. The van der Waals surface area contributed by atoms with Gasteiger partial charge in [-0.3, -0.25) is 4.79 Å². The molecule has 4 N–H and O–H groups in total. The minimum Gasteiger partial charge on any atom is -0.341 e. The van der Waals surface area contributed by atoms with E-state index in [1.54, 1.807) is 0 Å². The molecule has 2 fully saturated rings. The lowest BCUT2D eigenvalue weighted by atomic mass is 9.84. The third-order valence-electron chi connectivity index (χ3n) is 4.10. The highest BCUT2D eigenvalue weighted by atomic mass is 16.2. The number of hydrogen-bond donors (Lipinski definition) is 2. The third-order valence-corrected chi connectivity index (χ3v) is 4.10. The van der Waals surface area contributed by atoms with Crippen molar-refractivity contribution in [3.05, 3.63) is 0 Å². The lowest BCUT2D eigenvalue weighted by molar-refractivity contribution is -0.129. The molecule has 1 amide bonds. The largest absolute Gasteiger partial charge is 0.341 e. The second kappa shape index (κ2) is 4.10. The van der Waals surface area contributed by atoms with Crippen LogP contribution in [0.4, 0.5) is 0 Å². The zero-order chi connectivity index (χ0) is 10.9. The van der Waals surface area contributed by atoms with Gasteiger partial charge in [0.25, 0.3) is 0 Å². The van der Waals surface area contributed by atoms with E-state index in [9.17, 15) is 4.79 Å². The van der Waals surface area contributed by atoms with Crippen molar-refractivity contribution in [3.63, 3.8) is 0 Å². The number of nitrogens with two attached hydrogens (primary N) is 2. The van der Waals surface area contributed by atoms with Gasteiger partial charge in [-0.25, -0.2) is 0 Å². The topological polar surface area (TPSA) is 72.4 Å². The molecule has 0 aromatic carbocycles. The predicted octanol–water partition coefficient (Wildman–Crippen LogP) is -0.0774. The number of carbonyl (C=O) groups is 1. The van der Waals surface area contributed by atoms with Crippen molar-refractivity contribution in [1.82, 2.24) is 4.90 Å². The summed E-state index contributed by atoms with van der Waals surface area (Å²) in [6.45, 7) is 2.76. The van der Waals surface area contributed by atoms with Crippen LogP contribution in [0.25, 0.3) is 0 Å². The Morgan fingerprint density at radius 2 is 2.20 bits per heavy atom. The van der Waals surface area contributed by atoms with E-state index < -0.39 is 0 Å². The minimum absolute atomic E-state index is 0.100. The van der Waals surface area contributed by atoms with Crippen LogP contribution < -0.4 is 11.5 Å². The molecule has 1 aliphatic heterocycles. The van der Waals surface area contributed by atoms with Crippen LogP contribution in [0, 0.1) is 11.3 Å². The summed E-state index contributed by atoms with van der Waals surface area (Å²) < 4.78 is 0. The predicted molar refractivity (Wildman–Crippen MR) is 59.1 cm³/mol. The molecule has 1 spiro atoms. The Morgan fingerprint density at radius 3 is 2.80 bits per heavy atom. The van der Waals surface area contributed by atoms with Gasteiger partial charge in [0.1, 0.15) is 0 Å². The molecule has 0 unspecified atom stereocenters. The van der Waals surface area contributed by atoms with Crippen LogP contribution in [0.1, 0.15) is 25.7 Å². The van der Waals surface area contributed by atoms with Gasteiger partial charge in [0.05, 0.1) is 6.54 Å². The van der Waals surface area contributed by atoms with E-state index in [1.807, 2.05) is 4.90 Å². The average Bonchev–Trinajstić information content (AvgIpc) is 2.86. The zero-order valence-electron chi connectivity index (χ0n) is 9.24. The molecule has 1 saturated carbocycles. The number of hydrogen-bond acceptors (Lipinski definition) is 3. The Bertz CT molecular complexity index is 256. The number of likely N-dealkylation sites (tertiary alicyclic amines) is 1. The summed E-state index contributed by atoms with van der Waals surface area (Å²) in [6.07, 6.45) is 4.83. The molecule has 1 aliphatic carbocycles. The van der Waals surface area contributed by atoms with E-state index in [1.165, 1.54) is 19.3 Å². The fraction of sp³-hybridized carbons (Fsp3) is 0.909. The molecule has 4 heteroatoms. The first-order chi connectivity index (χ1) is 7.19. The van der Waals surface area contributed by atoms with Crippen LogP contribution in [-0.2, 0) is 4.79 Å². The Morgan fingerprint density at radius 1 is 1.40 bits per heavy atom. The molecule has 2 atom stereocenters. The van der Waals surface area contributed by atoms with E-state index in [0.717, 1.165) is 26.1 Å². The van der Waals surface area contributed by atoms with Gasteiger partial charge >= 0.3 is 0 Å². The summed E-state index contributed by atoms with van der Waals surface area (Å²) in [5.41, 5.74) is 11.5. The zero-order valence-corrected chi connectivity index (χ0v) is 9.24. The van der Waals surface area contributed by atoms with Crippen LogP contribution in [0.15, 0.2) is 0 Å². The molecule has 4 nitrogen and oxygen atoms in total. The van der Waals surface area contributed by atoms with E-state index in [4.69, 9.17) is 11.5 Å². The lowest BCUT2D eigenvalue weighted by Crippen LogP contribution is -2.35. The Hall–Kier alpha value is -0.610. The smallest absolute Gasteiger partial charge is 0.236 e. The van der Waals surface area contributed by atoms with E-state index in [-0.39, 0.29) is 12.5 Å². The van der Waals surface area contributed by atoms with Crippen LogP contribution in [-0.4, -0.2) is 37.0 Å². The van der Waals surface area contributed by atoms with Crippen LogP contribution in [0.3, 0.4) is 0 Å². The summed E-state index contributed by atoms with van der Waals surface area (Å²) in [7, 11) is 0. The van der Waals surface area contributed by atoms with Gasteiger partial charge in [0.2, 0.25) is 5.91 Å². The minimum atomic E-state index is 0.100. The first-order valence-corrected chi connectivity index (χ1v) is 5.87. The Labute approximate surface area is 91.0 Å². The molecule has 1 saturated heterocycles. The number of amides is 1. The first-order valence-electron chi connectivity index (χ1n) is 5.87. The maximum atomic E-state index is 11.5. The van der Waals surface area contributed by atoms with Crippen LogP contribution >= 0.6 is 0 Å². The monoisotopic (exact) mass is 211 g/mol. The lowest BCUT2D eigenvalue weighted by Gasteiger charge is -2.24. The molecule has 15 heavy (non-hydrogen) atoms. The number of carbonyl (C=O) groups excluding carboxylic acids is 1. The second-order valence-corrected chi connectivity index (χ2v) is 5.11. The summed E-state index contributed by atoms with van der Waals surface area (Å²) >= 11 is 0. The first kappa shape index (κ1) is 10.9. The molecule has 0 radical (unpaired) electrons. The van der Waals surface area contributed by atoms with Gasteiger partial charge in [0.15, 0.2) is 0 Å². The van der Waals surface area contributed by atoms with E-state index in [0.29, 0.717) is 11.3 Å². The van der Waals surface area contributed by atoms with Crippen molar-refractivity contribution in [1.29, 1.82) is 0 Å². The SMILES string of the molecule is NCC(=O)N1CC[C@]2(CC[C@H](CN)C2)C1. The Kier molecular flexibility index (Phi) is 2.98. The summed E-state index contributed by atoms with van der Waals surface area (Å²) in [6, 6.07) is 0. The maximum absolute atomic E-state index is 11.5. The average molecular weight is 211 g/mol. The third kappa shape index (κ3) is 2.01.